The molecule has 0 N–H and O–H groups in total. The maximum absolute atomic E-state index is 13.2. The molecular formula is C18H24F3NO5. The molecule has 1 fully saturated rings. The van der Waals surface area contributed by atoms with E-state index in [1.807, 2.05) is 0 Å². The highest BCUT2D eigenvalue weighted by molar-refractivity contribution is 5.90. The Bertz CT molecular complexity index is 618. The maximum atomic E-state index is 13.2. The van der Waals surface area contributed by atoms with E-state index < -0.39 is 29.7 Å². The van der Waals surface area contributed by atoms with Crippen molar-refractivity contribution in [3.8, 4) is 5.75 Å². The number of nitrogens with zero attached hydrogens (tertiary/aromatic N) is 1. The smallest absolute Gasteiger partial charge is 0.419 e. The molecule has 1 unspecified atom stereocenters. The normalized spacial score (nSPS) is 16.8. The molecule has 152 valence electrons. The number of esters is 1. The second-order valence-corrected chi connectivity index (χ2v) is 5.94. The third-order valence-corrected chi connectivity index (χ3v) is 3.96. The van der Waals surface area contributed by atoms with Crippen molar-refractivity contribution in [2.45, 2.75) is 26.3 Å². The molecule has 0 amide bonds. The monoisotopic (exact) mass is 391 g/mol. The molecule has 0 bridgehead atoms. The van der Waals surface area contributed by atoms with E-state index in [0.717, 1.165) is 31.3 Å². The van der Waals surface area contributed by atoms with Crippen molar-refractivity contribution in [1.29, 1.82) is 0 Å². The molecule has 1 atom stereocenters. The first kappa shape index (κ1) is 21.5. The van der Waals surface area contributed by atoms with Crippen LogP contribution in [0.15, 0.2) is 18.2 Å². The van der Waals surface area contributed by atoms with Crippen LogP contribution in [0.1, 0.15) is 29.8 Å². The summed E-state index contributed by atoms with van der Waals surface area (Å²) in [5.41, 5.74) is -0.984. The summed E-state index contributed by atoms with van der Waals surface area (Å²) in [6.07, 6.45) is -5.50. The SMILES string of the molecule is CCOC(C)Oc1cc(C(=O)OCCN2CCOCC2)ccc1C(F)(F)F. The maximum Gasteiger partial charge on any atom is 0.419 e. The molecule has 0 spiro atoms. The molecule has 0 saturated carbocycles. The molecule has 1 heterocycles. The van der Waals surface area contributed by atoms with Crippen LogP contribution in [-0.2, 0) is 20.4 Å². The largest absolute Gasteiger partial charge is 0.465 e. The fourth-order valence-corrected chi connectivity index (χ4v) is 2.60. The molecule has 1 aliphatic heterocycles. The number of carbonyl (C=O) groups is 1. The van der Waals surface area contributed by atoms with E-state index in [1.165, 1.54) is 6.92 Å². The van der Waals surface area contributed by atoms with Gasteiger partial charge in [-0.25, -0.2) is 4.79 Å². The van der Waals surface area contributed by atoms with Gasteiger partial charge in [0.1, 0.15) is 12.4 Å². The number of alkyl halides is 3. The highest BCUT2D eigenvalue weighted by atomic mass is 19.4. The Kier molecular flexibility index (Phi) is 7.88. The summed E-state index contributed by atoms with van der Waals surface area (Å²) in [5.74, 6) is -1.17. The lowest BCUT2D eigenvalue weighted by atomic mass is 10.1. The zero-order valence-electron chi connectivity index (χ0n) is 15.4. The van der Waals surface area contributed by atoms with E-state index in [9.17, 15) is 18.0 Å². The molecule has 1 aliphatic rings. The van der Waals surface area contributed by atoms with Crippen molar-refractivity contribution in [1.82, 2.24) is 4.90 Å². The lowest BCUT2D eigenvalue weighted by Gasteiger charge is -2.26. The molecule has 6 nitrogen and oxygen atoms in total. The number of benzene rings is 1. The minimum atomic E-state index is -4.61. The summed E-state index contributed by atoms with van der Waals surface area (Å²) >= 11 is 0. The third kappa shape index (κ3) is 6.67. The Balaban J connectivity index is 2.03. The molecule has 2 rings (SSSR count). The zero-order chi connectivity index (χ0) is 19.9. The van der Waals surface area contributed by atoms with Crippen LogP contribution in [0.2, 0.25) is 0 Å². The predicted octanol–water partition coefficient (Wildman–Crippen LogP) is 2.96. The van der Waals surface area contributed by atoms with Crippen LogP contribution in [-0.4, -0.2) is 63.2 Å². The summed E-state index contributed by atoms with van der Waals surface area (Å²) in [5, 5.41) is 0. The van der Waals surface area contributed by atoms with E-state index in [4.69, 9.17) is 18.9 Å². The van der Waals surface area contributed by atoms with Gasteiger partial charge in [0.15, 0.2) is 6.29 Å². The summed E-state index contributed by atoms with van der Waals surface area (Å²) in [4.78, 5) is 14.3. The average molecular weight is 391 g/mol. The average Bonchev–Trinajstić information content (AvgIpc) is 2.61. The Labute approximate surface area is 156 Å². The van der Waals surface area contributed by atoms with Gasteiger partial charge < -0.3 is 18.9 Å². The number of rotatable bonds is 8. The van der Waals surface area contributed by atoms with Crippen LogP contribution in [0.4, 0.5) is 13.2 Å². The molecule has 0 radical (unpaired) electrons. The highest BCUT2D eigenvalue weighted by Crippen LogP contribution is 2.37. The van der Waals surface area contributed by atoms with Crippen LogP contribution in [0, 0.1) is 0 Å². The fraction of sp³-hybridized carbons (Fsp3) is 0.611. The van der Waals surface area contributed by atoms with E-state index in [0.29, 0.717) is 19.8 Å². The van der Waals surface area contributed by atoms with Crippen LogP contribution >= 0.6 is 0 Å². The van der Waals surface area contributed by atoms with E-state index >= 15 is 0 Å². The lowest BCUT2D eigenvalue weighted by molar-refractivity contribution is -0.141. The van der Waals surface area contributed by atoms with Gasteiger partial charge in [-0.15, -0.1) is 0 Å². The first-order chi connectivity index (χ1) is 12.8. The number of halogens is 3. The number of morpholine rings is 1. The Hall–Kier alpha value is -1.84. The Morgan fingerprint density at radius 3 is 2.63 bits per heavy atom. The topological polar surface area (TPSA) is 57.2 Å². The Morgan fingerprint density at radius 1 is 1.30 bits per heavy atom. The molecule has 1 saturated heterocycles. The fourth-order valence-electron chi connectivity index (χ4n) is 2.60. The molecule has 1 aromatic rings. The van der Waals surface area contributed by atoms with Crippen molar-refractivity contribution in [3.63, 3.8) is 0 Å². The second kappa shape index (κ2) is 9.91. The van der Waals surface area contributed by atoms with Gasteiger partial charge >= 0.3 is 12.1 Å². The first-order valence-electron chi connectivity index (χ1n) is 8.78. The van der Waals surface area contributed by atoms with Crippen molar-refractivity contribution in [2.75, 3.05) is 46.1 Å². The van der Waals surface area contributed by atoms with Crippen molar-refractivity contribution >= 4 is 5.97 Å². The van der Waals surface area contributed by atoms with Gasteiger partial charge in [0, 0.05) is 26.2 Å². The van der Waals surface area contributed by atoms with E-state index in [2.05, 4.69) is 4.90 Å². The second-order valence-electron chi connectivity index (χ2n) is 5.94. The van der Waals surface area contributed by atoms with Gasteiger partial charge in [-0.3, -0.25) is 4.90 Å². The summed E-state index contributed by atoms with van der Waals surface area (Å²) in [7, 11) is 0. The van der Waals surface area contributed by atoms with Crippen LogP contribution in [0.5, 0.6) is 5.75 Å². The van der Waals surface area contributed by atoms with Crippen molar-refractivity contribution in [2.24, 2.45) is 0 Å². The minimum absolute atomic E-state index is 0.0105. The highest BCUT2D eigenvalue weighted by Gasteiger charge is 2.35. The minimum Gasteiger partial charge on any atom is -0.465 e. The predicted molar refractivity (Wildman–Crippen MR) is 90.7 cm³/mol. The molecule has 27 heavy (non-hydrogen) atoms. The third-order valence-electron chi connectivity index (χ3n) is 3.96. The quantitative estimate of drug-likeness (QED) is 0.502. The molecular weight excluding hydrogens is 367 g/mol. The lowest BCUT2D eigenvalue weighted by Crippen LogP contribution is -2.38. The van der Waals surface area contributed by atoms with Gasteiger partial charge in [0.25, 0.3) is 0 Å². The molecule has 1 aromatic carbocycles. The van der Waals surface area contributed by atoms with Gasteiger partial charge in [-0.05, 0) is 32.0 Å². The van der Waals surface area contributed by atoms with Gasteiger partial charge in [0.2, 0.25) is 0 Å². The number of hydrogen-bond donors (Lipinski definition) is 0. The number of hydrogen-bond acceptors (Lipinski definition) is 6. The zero-order valence-corrected chi connectivity index (χ0v) is 15.4. The van der Waals surface area contributed by atoms with Crippen LogP contribution in [0.3, 0.4) is 0 Å². The van der Waals surface area contributed by atoms with Crippen molar-refractivity contribution in [3.05, 3.63) is 29.3 Å². The van der Waals surface area contributed by atoms with Crippen LogP contribution in [0.25, 0.3) is 0 Å². The summed E-state index contributed by atoms with van der Waals surface area (Å²) < 4.78 is 60.3. The van der Waals surface area contributed by atoms with Crippen LogP contribution < -0.4 is 4.74 Å². The summed E-state index contributed by atoms with van der Waals surface area (Å²) in [6, 6.07) is 2.93. The number of carbonyl (C=O) groups excluding carboxylic acids is 1. The molecule has 0 aromatic heterocycles. The first-order valence-corrected chi connectivity index (χ1v) is 8.78. The summed E-state index contributed by atoms with van der Waals surface area (Å²) in [6.45, 7) is 6.93. The standard InChI is InChI=1S/C18H24F3NO5/c1-3-25-13(2)27-16-12-14(4-5-15(16)18(19,20)21)17(23)26-11-8-22-6-9-24-10-7-22/h4-5,12-13H,3,6-11H2,1-2H3. The number of ether oxygens (including phenoxy) is 4. The van der Waals surface area contributed by atoms with E-state index in [1.54, 1.807) is 6.92 Å². The van der Waals surface area contributed by atoms with Crippen molar-refractivity contribution < 1.29 is 36.9 Å². The van der Waals surface area contributed by atoms with Gasteiger partial charge in [-0.2, -0.15) is 13.2 Å². The Morgan fingerprint density at radius 2 is 2.00 bits per heavy atom. The van der Waals surface area contributed by atoms with Gasteiger partial charge in [-0.1, -0.05) is 0 Å². The molecule has 0 aliphatic carbocycles. The molecule has 9 heteroatoms. The van der Waals surface area contributed by atoms with Gasteiger partial charge in [0.05, 0.1) is 24.3 Å². The van der Waals surface area contributed by atoms with E-state index in [-0.39, 0.29) is 18.8 Å².